The van der Waals surface area contributed by atoms with Gasteiger partial charge in [-0.3, -0.25) is 4.79 Å². The molecule has 2 N–H and O–H groups in total. The van der Waals surface area contributed by atoms with Gasteiger partial charge in [-0.15, -0.1) is 0 Å². The number of allylic oxidation sites excluding steroid dienone is 2. The second-order valence-electron chi connectivity index (χ2n) is 7.72. The Kier molecular flexibility index (Phi) is 6.50. The summed E-state index contributed by atoms with van der Waals surface area (Å²) in [5.74, 6) is -1.68. The molecule has 5 nitrogen and oxygen atoms in total. The number of hydrogen-bond donors (Lipinski definition) is 2. The zero-order valence-electron chi connectivity index (χ0n) is 15.5. The maximum atomic E-state index is 13.4. The number of carboxylic acids is 1. The topological polar surface area (TPSA) is 83.5 Å². The Balaban J connectivity index is 1.62. The molecule has 2 aliphatic rings. The first-order valence-electron chi connectivity index (χ1n) is 9.61. The lowest BCUT2D eigenvalue weighted by Crippen LogP contribution is -2.35. The van der Waals surface area contributed by atoms with Gasteiger partial charge in [0, 0.05) is 13.0 Å². The van der Waals surface area contributed by atoms with Gasteiger partial charge < -0.3 is 5.11 Å². The average molecular weight is 413 g/mol. The normalized spacial score (nSPS) is 26.9. The first kappa shape index (κ1) is 20.9. The summed E-state index contributed by atoms with van der Waals surface area (Å²) >= 11 is 0. The Hall–Kier alpha value is -1.80. The highest BCUT2D eigenvalue weighted by molar-refractivity contribution is 7.89. The molecular formula is C20H25F2NO4S. The molecule has 0 saturated heterocycles. The number of unbranched alkanes of at least 4 members (excludes halogenated alkanes) is 1. The van der Waals surface area contributed by atoms with Crippen LogP contribution < -0.4 is 4.72 Å². The fourth-order valence-corrected chi connectivity index (χ4v) is 5.70. The quantitative estimate of drug-likeness (QED) is 0.477. The molecule has 0 aromatic heterocycles. The van der Waals surface area contributed by atoms with Gasteiger partial charge >= 0.3 is 5.97 Å². The van der Waals surface area contributed by atoms with Gasteiger partial charge in [-0.2, -0.15) is 0 Å². The predicted molar refractivity (Wildman–Crippen MR) is 100.0 cm³/mol. The molecule has 2 saturated carbocycles. The van der Waals surface area contributed by atoms with Crippen molar-refractivity contribution in [3.05, 3.63) is 42.0 Å². The molecule has 0 heterocycles. The highest BCUT2D eigenvalue weighted by Gasteiger charge is 2.46. The van der Waals surface area contributed by atoms with Crippen molar-refractivity contribution in [2.75, 3.05) is 6.54 Å². The Labute approximate surface area is 163 Å². The first-order valence-corrected chi connectivity index (χ1v) is 11.1. The summed E-state index contributed by atoms with van der Waals surface area (Å²) in [4.78, 5) is 10.3. The van der Waals surface area contributed by atoms with Crippen LogP contribution in [0, 0.1) is 35.3 Å². The second kappa shape index (κ2) is 8.69. The van der Waals surface area contributed by atoms with E-state index in [-0.39, 0.29) is 29.7 Å². The van der Waals surface area contributed by atoms with E-state index in [0.29, 0.717) is 30.7 Å². The van der Waals surface area contributed by atoms with Gasteiger partial charge in [-0.1, -0.05) is 12.2 Å². The van der Waals surface area contributed by atoms with Crippen molar-refractivity contribution in [3.63, 3.8) is 0 Å². The van der Waals surface area contributed by atoms with Gasteiger partial charge in [0.2, 0.25) is 10.0 Å². The van der Waals surface area contributed by atoms with Gasteiger partial charge in [-0.05, 0) is 74.0 Å². The van der Waals surface area contributed by atoms with Crippen LogP contribution in [-0.4, -0.2) is 26.0 Å². The maximum absolute atomic E-state index is 13.4. The molecule has 0 radical (unpaired) electrons. The molecule has 28 heavy (non-hydrogen) atoms. The van der Waals surface area contributed by atoms with Crippen LogP contribution in [0.3, 0.4) is 0 Å². The molecule has 1 aromatic rings. The number of nitrogens with one attached hydrogen (secondary N) is 1. The highest BCUT2D eigenvalue weighted by Crippen LogP contribution is 2.52. The molecule has 0 amide bonds. The number of rotatable bonds is 9. The van der Waals surface area contributed by atoms with Crippen LogP contribution >= 0.6 is 0 Å². The standard InChI is InChI=1S/C20H25F2NO4S/c21-18-9-8-15(11-19(18)22)28(26,27)23-12-17-14-7-6-13(10-14)16(17)4-2-1-3-5-20(24)25/h2,4,8-9,11,13-14,16-17,23H,1,3,5-7,10,12H2,(H,24,25)/b4-2-/t13-,14+,16+,17+/m1/s1. The van der Waals surface area contributed by atoms with Gasteiger partial charge in [0.05, 0.1) is 4.90 Å². The van der Waals surface area contributed by atoms with Crippen LogP contribution in [0.15, 0.2) is 35.2 Å². The Morgan fingerprint density at radius 1 is 1.21 bits per heavy atom. The molecule has 3 rings (SSSR count). The number of sulfonamides is 1. The van der Waals surface area contributed by atoms with E-state index in [1.165, 1.54) is 0 Å². The van der Waals surface area contributed by atoms with E-state index in [4.69, 9.17) is 5.11 Å². The number of carbonyl (C=O) groups is 1. The average Bonchev–Trinajstić information content (AvgIpc) is 3.23. The summed E-state index contributed by atoms with van der Waals surface area (Å²) in [5.41, 5.74) is 0. The number of aliphatic carboxylic acids is 1. The lowest BCUT2D eigenvalue weighted by atomic mass is 9.79. The Morgan fingerprint density at radius 2 is 1.96 bits per heavy atom. The van der Waals surface area contributed by atoms with Crippen LogP contribution in [-0.2, 0) is 14.8 Å². The van der Waals surface area contributed by atoms with E-state index in [0.717, 1.165) is 31.4 Å². The fourth-order valence-electron chi connectivity index (χ4n) is 4.62. The van der Waals surface area contributed by atoms with E-state index in [1.54, 1.807) is 0 Å². The minimum Gasteiger partial charge on any atom is -0.481 e. The van der Waals surface area contributed by atoms with E-state index >= 15 is 0 Å². The third kappa shape index (κ3) is 4.78. The van der Waals surface area contributed by atoms with Crippen LogP contribution in [0.5, 0.6) is 0 Å². The van der Waals surface area contributed by atoms with Crippen LogP contribution in [0.1, 0.15) is 38.5 Å². The molecular weight excluding hydrogens is 388 g/mol. The van der Waals surface area contributed by atoms with E-state index < -0.39 is 27.6 Å². The minimum absolute atomic E-state index is 0.137. The molecule has 0 aliphatic heterocycles. The number of halogens is 2. The number of carboxylic acid groups (broad SMARTS) is 1. The lowest BCUT2D eigenvalue weighted by molar-refractivity contribution is -0.137. The van der Waals surface area contributed by atoms with Crippen molar-refractivity contribution in [1.29, 1.82) is 0 Å². The lowest BCUT2D eigenvalue weighted by Gasteiger charge is -2.29. The number of benzene rings is 1. The Morgan fingerprint density at radius 3 is 2.68 bits per heavy atom. The first-order chi connectivity index (χ1) is 13.3. The smallest absolute Gasteiger partial charge is 0.303 e. The predicted octanol–water partition coefficient (Wildman–Crippen LogP) is 3.72. The molecule has 1 aromatic carbocycles. The van der Waals surface area contributed by atoms with Crippen LogP contribution in [0.4, 0.5) is 8.78 Å². The highest BCUT2D eigenvalue weighted by atomic mass is 32.2. The number of hydrogen-bond acceptors (Lipinski definition) is 3. The largest absolute Gasteiger partial charge is 0.481 e. The third-order valence-electron chi connectivity index (χ3n) is 5.99. The molecule has 0 unspecified atom stereocenters. The molecule has 4 atom stereocenters. The van der Waals surface area contributed by atoms with Crippen molar-refractivity contribution < 1.29 is 27.1 Å². The Bertz CT molecular complexity index is 856. The maximum Gasteiger partial charge on any atom is 0.303 e. The van der Waals surface area contributed by atoms with Crippen molar-refractivity contribution in [3.8, 4) is 0 Å². The molecule has 2 fully saturated rings. The van der Waals surface area contributed by atoms with Crippen molar-refractivity contribution >= 4 is 16.0 Å². The van der Waals surface area contributed by atoms with Crippen molar-refractivity contribution in [1.82, 2.24) is 4.72 Å². The summed E-state index contributed by atoms with van der Waals surface area (Å²) in [6, 6.07) is 2.56. The van der Waals surface area contributed by atoms with E-state index in [9.17, 15) is 22.0 Å². The summed E-state index contributed by atoms with van der Waals surface area (Å²) < 4.78 is 53.9. The summed E-state index contributed by atoms with van der Waals surface area (Å²) in [5, 5.41) is 8.69. The summed E-state index contributed by atoms with van der Waals surface area (Å²) in [6.07, 6.45) is 8.80. The van der Waals surface area contributed by atoms with Gasteiger partial charge in [0.25, 0.3) is 0 Å². The van der Waals surface area contributed by atoms with Crippen molar-refractivity contribution in [2.24, 2.45) is 23.7 Å². The summed E-state index contributed by atoms with van der Waals surface area (Å²) in [6.45, 7) is 0.257. The van der Waals surface area contributed by atoms with Gasteiger partial charge in [0.15, 0.2) is 11.6 Å². The molecule has 154 valence electrons. The number of fused-ring (bicyclic) bond motifs is 2. The van der Waals surface area contributed by atoms with Crippen LogP contribution in [0.2, 0.25) is 0 Å². The fraction of sp³-hybridized carbons (Fsp3) is 0.550. The summed E-state index contributed by atoms with van der Waals surface area (Å²) in [7, 11) is -3.91. The van der Waals surface area contributed by atoms with Gasteiger partial charge in [-0.25, -0.2) is 21.9 Å². The SMILES string of the molecule is O=C(O)CCC/C=C\[C@H]1[C@@H]2CC[C@@H](C2)[C@@H]1CNS(=O)(=O)c1ccc(F)c(F)c1. The second-order valence-corrected chi connectivity index (χ2v) is 9.48. The molecule has 2 aliphatic carbocycles. The van der Waals surface area contributed by atoms with E-state index in [2.05, 4.69) is 10.8 Å². The molecule has 2 bridgehead atoms. The van der Waals surface area contributed by atoms with Crippen molar-refractivity contribution in [2.45, 2.75) is 43.4 Å². The van der Waals surface area contributed by atoms with Crippen LogP contribution in [0.25, 0.3) is 0 Å². The third-order valence-corrected chi connectivity index (χ3v) is 7.41. The van der Waals surface area contributed by atoms with Gasteiger partial charge in [0.1, 0.15) is 0 Å². The monoisotopic (exact) mass is 413 g/mol. The van der Waals surface area contributed by atoms with E-state index in [1.807, 2.05) is 6.08 Å². The molecule has 0 spiro atoms. The zero-order valence-corrected chi connectivity index (χ0v) is 16.3. The molecule has 8 heteroatoms. The zero-order chi connectivity index (χ0) is 20.3. The minimum atomic E-state index is -3.91.